The fraction of sp³-hybridized carbons (Fsp3) is 0.320. The van der Waals surface area contributed by atoms with Gasteiger partial charge in [-0.2, -0.15) is 0 Å². The number of pyridine rings is 1. The van der Waals surface area contributed by atoms with E-state index in [4.69, 9.17) is 33.9 Å². The zero-order valence-electron chi connectivity index (χ0n) is 18.7. The monoisotopic (exact) mass is 510 g/mol. The number of fused-ring (bicyclic) bond motifs is 2. The molecule has 6 rings (SSSR count). The van der Waals surface area contributed by atoms with E-state index in [1.165, 1.54) is 5.56 Å². The summed E-state index contributed by atoms with van der Waals surface area (Å²) in [5.74, 6) is 0.920. The summed E-state index contributed by atoms with van der Waals surface area (Å²) < 4.78 is 2.08. The molecule has 1 aromatic carbocycles. The fourth-order valence-electron chi connectivity index (χ4n) is 5.36. The molecule has 1 saturated heterocycles. The van der Waals surface area contributed by atoms with Crippen LogP contribution < -0.4 is 10.6 Å². The van der Waals surface area contributed by atoms with Gasteiger partial charge in [0, 0.05) is 48.3 Å². The largest absolute Gasteiger partial charge is 0.342 e. The molecule has 1 aliphatic carbocycles. The summed E-state index contributed by atoms with van der Waals surface area (Å²) >= 11 is 14.2. The molecule has 174 valence electrons. The highest BCUT2D eigenvalue weighted by molar-refractivity contribution is 7.99. The number of aromatic nitrogens is 4. The van der Waals surface area contributed by atoms with Gasteiger partial charge >= 0.3 is 0 Å². The Hall–Kier alpha value is -2.32. The van der Waals surface area contributed by atoms with E-state index in [0.717, 1.165) is 65.1 Å². The summed E-state index contributed by atoms with van der Waals surface area (Å²) in [7, 11) is 0. The number of imidazole rings is 1. The lowest BCUT2D eigenvalue weighted by Crippen LogP contribution is -2.45. The number of benzene rings is 1. The highest BCUT2D eigenvalue weighted by atomic mass is 35.5. The highest BCUT2D eigenvalue weighted by Gasteiger charge is 2.46. The average Bonchev–Trinajstić information content (AvgIpc) is 3.43. The van der Waals surface area contributed by atoms with Crippen molar-refractivity contribution in [3.8, 4) is 0 Å². The molecule has 6 nitrogen and oxygen atoms in total. The van der Waals surface area contributed by atoms with Gasteiger partial charge in [0.1, 0.15) is 0 Å². The summed E-state index contributed by atoms with van der Waals surface area (Å²) in [6, 6.07) is 9.83. The van der Waals surface area contributed by atoms with E-state index in [1.54, 1.807) is 17.8 Å². The molecule has 0 unspecified atom stereocenters. The van der Waals surface area contributed by atoms with Gasteiger partial charge in [0.05, 0.1) is 20.6 Å². The number of hydrogen-bond acceptors (Lipinski definition) is 6. The molecular formula is C25H24Cl2N6S. The molecule has 2 N–H and O–H groups in total. The molecular weight excluding hydrogens is 487 g/mol. The normalized spacial score (nSPS) is 19.2. The Bertz CT molecular complexity index is 1400. The molecule has 0 amide bonds. The third-order valence-corrected chi connectivity index (χ3v) is 9.44. The van der Waals surface area contributed by atoms with Gasteiger partial charge in [-0.25, -0.2) is 9.97 Å². The number of nitrogens with two attached hydrogens (primary N) is 1. The van der Waals surface area contributed by atoms with Crippen LogP contribution in [-0.4, -0.2) is 32.4 Å². The van der Waals surface area contributed by atoms with Crippen LogP contribution in [0.4, 0.5) is 5.95 Å². The van der Waals surface area contributed by atoms with Crippen molar-refractivity contribution in [2.75, 3.05) is 18.0 Å². The second kappa shape index (κ2) is 8.41. The molecule has 1 aliphatic heterocycles. The predicted molar refractivity (Wildman–Crippen MR) is 137 cm³/mol. The van der Waals surface area contributed by atoms with E-state index in [0.29, 0.717) is 10.0 Å². The Labute approximate surface area is 212 Å². The molecule has 0 saturated carbocycles. The van der Waals surface area contributed by atoms with Crippen molar-refractivity contribution < 1.29 is 0 Å². The zero-order valence-corrected chi connectivity index (χ0v) is 21.0. The fourth-order valence-corrected chi connectivity index (χ4v) is 6.83. The summed E-state index contributed by atoms with van der Waals surface area (Å²) in [6.07, 6.45) is 8.65. The number of halogens is 2. The average molecular weight is 511 g/mol. The van der Waals surface area contributed by atoms with Gasteiger partial charge in [-0.05, 0) is 55.4 Å². The number of hydrogen-bond donors (Lipinski definition) is 1. The van der Waals surface area contributed by atoms with Gasteiger partial charge in [0.25, 0.3) is 0 Å². The first-order valence-corrected chi connectivity index (χ1v) is 12.9. The number of rotatable bonds is 3. The minimum Gasteiger partial charge on any atom is -0.342 e. The van der Waals surface area contributed by atoms with Crippen molar-refractivity contribution >= 4 is 46.6 Å². The van der Waals surface area contributed by atoms with E-state index in [9.17, 15) is 0 Å². The lowest BCUT2D eigenvalue weighted by Gasteiger charge is -2.42. The summed E-state index contributed by atoms with van der Waals surface area (Å²) in [6.45, 7) is 3.82. The number of anilines is 1. The number of piperidine rings is 1. The molecule has 2 aliphatic rings. The Morgan fingerprint density at radius 2 is 1.91 bits per heavy atom. The van der Waals surface area contributed by atoms with Crippen LogP contribution in [0, 0.1) is 12.3 Å². The SMILES string of the molecule is Cc1nc(N2CCC3(CC2)Cc2ncccc2[C@H]3N)n2ccnc2c1Sc1cccc(Cl)c1Cl. The number of aryl methyl sites for hydroxylation is 1. The lowest BCUT2D eigenvalue weighted by molar-refractivity contribution is 0.186. The molecule has 0 bridgehead atoms. The van der Waals surface area contributed by atoms with Crippen LogP contribution in [0.15, 0.2) is 58.7 Å². The van der Waals surface area contributed by atoms with E-state index in [1.807, 2.05) is 43.7 Å². The first kappa shape index (κ1) is 22.2. The summed E-state index contributed by atoms with van der Waals surface area (Å²) in [5.41, 5.74) is 11.0. The Morgan fingerprint density at radius 1 is 1.09 bits per heavy atom. The first-order valence-electron chi connectivity index (χ1n) is 11.4. The molecule has 1 fully saturated rings. The van der Waals surface area contributed by atoms with E-state index in [-0.39, 0.29) is 11.5 Å². The molecule has 4 heterocycles. The van der Waals surface area contributed by atoms with Crippen LogP contribution in [0.2, 0.25) is 10.0 Å². The minimum atomic E-state index is 0.0440. The predicted octanol–water partition coefficient (Wildman–Crippen LogP) is 5.73. The maximum atomic E-state index is 6.74. The van der Waals surface area contributed by atoms with Crippen LogP contribution in [0.1, 0.15) is 35.8 Å². The molecule has 1 spiro atoms. The Balaban J connectivity index is 1.29. The molecule has 4 aromatic rings. The van der Waals surface area contributed by atoms with Crippen molar-refractivity contribution in [1.82, 2.24) is 19.4 Å². The lowest BCUT2D eigenvalue weighted by atomic mass is 9.73. The molecule has 0 radical (unpaired) electrons. The van der Waals surface area contributed by atoms with Crippen molar-refractivity contribution in [3.63, 3.8) is 0 Å². The summed E-state index contributed by atoms with van der Waals surface area (Å²) in [4.78, 5) is 18.5. The maximum Gasteiger partial charge on any atom is 0.211 e. The second-order valence-electron chi connectivity index (χ2n) is 9.14. The number of nitrogens with zero attached hydrogens (tertiary/aromatic N) is 5. The van der Waals surface area contributed by atoms with Gasteiger partial charge in [0.2, 0.25) is 5.95 Å². The van der Waals surface area contributed by atoms with Crippen molar-refractivity contribution in [2.24, 2.45) is 11.1 Å². The van der Waals surface area contributed by atoms with Gasteiger partial charge in [-0.3, -0.25) is 9.38 Å². The van der Waals surface area contributed by atoms with Crippen LogP contribution in [0.3, 0.4) is 0 Å². The van der Waals surface area contributed by atoms with Crippen LogP contribution in [0.25, 0.3) is 5.65 Å². The van der Waals surface area contributed by atoms with E-state index < -0.39 is 0 Å². The highest BCUT2D eigenvalue weighted by Crippen LogP contribution is 2.50. The van der Waals surface area contributed by atoms with E-state index in [2.05, 4.69) is 25.3 Å². The Kier molecular flexibility index (Phi) is 5.48. The van der Waals surface area contributed by atoms with Gasteiger partial charge in [-0.15, -0.1) is 0 Å². The van der Waals surface area contributed by atoms with Gasteiger partial charge < -0.3 is 10.6 Å². The molecule has 9 heteroatoms. The quantitative estimate of drug-likeness (QED) is 0.379. The van der Waals surface area contributed by atoms with Crippen LogP contribution in [-0.2, 0) is 6.42 Å². The van der Waals surface area contributed by atoms with Crippen LogP contribution >= 0.6 is 35.0 Å². The van der Waals surface area contributed by atoms with Gasteiger partial charge in [-0.1, -0.05) is 47.1 Å². The third kappa shape index (κ3) is 3.49. The second-order valence-corrected chi connectivity index (χ2v) is 11.0. The molecule has 3 aromatic heterocycles. The maximum absolute atomic E-state index is 6.74. The standard InChI is InChI=1S/C25H24Cl2N6S/c1-15-21(34-19-6-2-5-17(26)20(19)27)23-30-10-13-33(23)24(31-15)32-11-7-25(8-12-32)14-18-16(22(25)28)4-3-9-29-18/h2-6,9-10,13,22H,7-8,11-12,14,28H2,1H3/t22-/m1/s1. The van der Waals surface area contributed by atoms with E-state index >= 15 is 0 Å². The van der Waals surface area contributed by atoms with Crippen LogP contribution in [0.5, 0.6) is 0 Å². The van der Waals surface area contributed by atoms with Crippen molar-refractivity contribution in [1.29, 1.82) is 0 Å². The molecule has 1 atom stereocenters. The first-order chi connectivity index (χ1) is 16.5. The van der Waals surface area contributed by atoms with Crippen molar-refractivity contribution in [2.45, 2.75) is 42.0 Å². The molecule has 34 heavy (non-hydrogen) atoms. The van der Waals surface area contributed by atoms with Crippen molar-refractivity contribution in [3.05, 3.63) is 75.9 Å². The van der Waals surface area contributed by atoms with Gasteiger partial charge in [0.15, 0.2) is 5.65 Å². The zero-order chi connectivity index (χ0) is 23.4. The minimum absolute atomic E-state index is 0.0440. The summed E-state index contributed by atoms with van der Waals surface area (Å²) in [5, 5.41) is 1.09. The Morgan fingerprint density at radius 3 is 2.71 bits per heavy atom. The smallest absolute Gasteiger partial charge is 0.211 e. The topological polar surface area (TPSA) is 72.3 Å². The third-order valence-electron chi connectivity index (χ3n) is 7.27.